The highest BCUT2D eigenvalue weighted by molar-refractivity contribution is 7.91. The zero-order chi connectivity index (χ0) is 15.6. The molecule has 1 amide bonds. The Morgan fingerprint density at radius 1 is 1.38 bits per heavy atom. The first kappa shape index (κ1) is 15.8. The van der Waals surface area contributed by atoms with Crippen molar-refractivity contribution in [1.82, 2.24) is 0 Å². The maximum atomic E-state index is 11.9. The van der Waals surface area contributed by atoms with E-state index in [-0.39, 0.29) is 40.1 Å². The van der Waals surface area contributed by atoms with E-state index >= 15 is 0 Å². The number of carboxylic acids is 1. The molecule has 2 N–H and O–H groups in total. The number of carboxylic acid groups (broad SMARTS) is 1. The molecule has 0 radical (unpaired) electrons. The quantitative estimate of drug-likeness (QED) is 0.876. The molecule has 1 saturated heterocycles. The molecular formula is C13H14ClNO5S. The molecule has 1 aromatic carbocycles. The summed E-state index contributed by atoms with van der Waals surface area (Å²) in [6, 6.07) is 4.29. The number of carbonyl (C=O) groups is 2. The number of amides is 1. The van der Waals surface area contributed by atoms with Crippen LogP contribution in [0.5, 0.6) is 0 Å². The number of carbonyl (C=O) groups excluding carboxylic acids is 1. The zero-order valence-corrected chi connectivity index (χ0v) is 12.6. The van der Waals surface area contributed by atoms with E-state index in [0.29, 0.717) is 6.42 Å². The summed E-state index contributed by atoms with van der Waals surface area (Å²) in [5, 5.41) is 11.7. The van der Waals surface area contributed by atoms with Gasteiger partial charge in [-0.1, -0.05) is 17.7 Å². The third kappa shape index (κ3) is 3.95. The van der Waals surface area contributed by atoms with E-state index in [0.717, 1.165) is 0 Å². The Kier molecular flexibility index (Phi) is 4.53. The monoisotopic (exact) mass is 331 g/mol. The normalized spacial score (nSPS) is 20.1. The molecule has 0 saturated carbocycles. The standard InChI is InChI=1S/C13H14ClNO5S/c14-10-3-1-2-9(13(17)18)12(10)15-11(16)6-8-4-5-21(19,20)7-8/h1-3,8H,4-7H2,(H,15,16)(H,17,18). The lowest BCUT2D eigenvalue weighted by Crippen LogP contribution is -2.19. The number of hydrogen-bond donors (Lipinski definition) is 2. The van der Waals surface area contributed by atoms with Crippen molar-refractivity contribution in [2.24, 2.45) is 5.92 Å². The van der Waals surface area contributed by atoms with Crippen LogP contribution in [0, 0.1) is 5.92 Å². The zero-order valence-electron chi connectivity index (χ0n) is 11.0. The molecule has 0 spiro atoms. The number of para-hydroxylation sites is 1. The largest absolute Gasteiger partial charge is 0.478 e. The molecule has 0 aromatic heterocycles. The van der Waals surface area contributed by atoms with Crippen molar-refractivity contribution in [3.63, 3.8) is 0 Å². The summed E-state index contributed by atoms with van der Waals surface area (Å²) in [6.45, 7) is 0. The molecule has 2 rings (SSSR count). The predicted molar refractivity (Wildman–Crippen MR) is 78.4 cm³/mol. The van der Waals surface area contributed by atoms with Crippen molar-refractivity contribution in [1.29, 1.82) is 0 Å². The number of anilines is 1. The van der Waals surface area contributed by atoms with Crippen LogP contribution < -0.4 is 5.32 Å². The van der Waals surface area contributed by atoms with Gasteiger partial charge in [0.15, 0.2) is 9.84 Å². The maximum absolute atomic E-state index is 11.9. The van der Waals surface area contributed by atoms with Crippen molar-refractivity contribution < 1.29 is 23.1 Å². The van der Waals surface area contributed by atoms with Gasteiger partial charge in [-0.05, 0) is 24.5 Å². The van der Waals surface area contributed by atoms with Gasteiger partial charge in [0.2, 0.25) is 5.91 Å². The second-order valence-electron chi connectivity index (χ2n) is 4.99. The fraction of sp³-hybridized carbons (Fsp3) is 0.385. The number of benzene rings is 1. The van der Waals surface area contributed by atoms with Crippen LogP contribution in [0.25, 0.3) is 0 Å². The molecule has 0 bridgehead atoms. The number of hydrogen-bond acceptors (Lipinski definition) is 4. The van der Waals surface area contributed by atoms with Crippen LogP contribution >= 0.6 is 11.6 Å². The molecule has 1 aliphatic heterocycles. The Morgan fingerprint density at radius 2 is 2.10 bits per heavy atom. The smallest absolute Gasteiger partial charge is 0.337 e. The lowest BCUT2D eigenvalue weighted by Gasteiger charge is -2.12. The lowest BCUT2D eigenvalue weighted by molar-refractivity contribution is -0.116. The molecule has 1 unspecified atom stereocenters. The van der Waals surface area contributed by atoms with Crippen LogP contribution in [0.4, 0.5) is 5.69 Å². The van der Waals surface area contributed by atoms with Gasteiger partial charge in [-0.25, -0.2) is 13.2 Å². The van der Waals surface area contributed by atoms with E-state index in [1.807, 2.05) is 0 Å². The minimum atomic E-state index is -3.04. The number of sulfone groups is 1. The molecule has 1 aromatic rings. The van der Waals surface area contributed by atoms with E-state index in [9.17, 15) is 18.0 Å². The highest BCUT2D eigenvalue weighted by Gasteiger charge is 2.29. The first-order valence-electron chi connectivity index (χ1n) is 6.30. The van der Waals surface area contributed by atoms with E-state index < -0.39 is 21.7 Å². The summed E-state index contributed by atoms with van der Waals surface area (Å²) in [5.74, 6) is -1.78. The summed E-state index contributed by atoms with van der Waals surface area (Å²) in [7, 11) is -3.04. The molecule has 114 valence electrons. The average molecular weight is 332 g/mol. The Balaban J connectivity index is 2.09. The third-order valence-electron chi connectivity index (χ3n) is 3.31. The van der Waals surface area contributed by atoms with Gasteiger partial charge < -0.3 is 10.4 Å². The summed E-state index contributed by atoms with van der Waals surface area (Å²) in [4.78, 5) is 23.0. The minimum Gasteiger partial charge on any atom is -0.478 e. The highest BCUT2D eigenvalue weighted by atomic mass is 35.5. The predicted octanol–water partition coefficient (Wildman–Crippen LogP) is 1.80. The Hall–Kier alpha value is -1.60. The van der Waals surface area contributed by atoms with Crippen molar-refractivity contribution in [2.75, 3.05) is 16.8 Å². The van der Waals surface area contributed by atoms with E-state index in [4.69, 9.17) is 16.7 Å². The van der Waals surface area contributed by atoms with Gasteiger partial charge >= 0.3 is 5.97 Å². The molecule has 1 fully saturated rings. The Labute approximate surface area is 127 Å². The molecule has 6 nitrogen and oxygen atoms in total. The highest BCUT2D eigenvalue weighted by Crippen LogP contribution is 2.27. The number of aromatic carboxylic acids is 1. The van der Waals surface area contributed by atoms with Gasteiger partial charge in [-0.3, -0.25) is 4.79 Å². The van der Waals surface area contributed by atoms with Gasteiger partial charge in [0.1, 0.15) is 0 Å². The molecule has 1 heterocycles. The van der Waals surface area contributed by atoms with Crippen LogP contribution in [0.15, 0.2) is 18.2 Å². The van der Waals surface area contributed by atoms with Crippen LogP contribution in [0.3, 0.4) is 0 Å². The lowest BCUT2D eigenvalue weighted by atomic mass is 10.0. The van der Waals surface area contributed by atoms with Crippen LogP contribution in [-0.4, -0.2) is 36.9 Å². The van der Waals surface area contributed by atoms with Gasteiger partial charge in [0, 0.05) is 6.42 Å². The third-order valence-corrected chi connectivity index (χ3v) is 5.46. The van der Waals surface area contributed by atoms with Crippen molar-refractivity contribution in [3.8, 4) is 0 Å². The SMILES string of the molecule is O=C(CC1CCS(=O)(=O)C1)Nc1c(Cl)cccc1C(=O)O. The minimum absolute atomic E-state index is 0.00523. The average Bonchev–Trinajstić information content (AvgIpc) is 2.70. The van der Waals surface area contributed by atoms with Gasteiger partial charge in [0.25, 0.3) is 0 Å². The summed E-state index contributed by atoms with van der Waals surface area (Å²) >= 11 is 5.91. The topological polar surface area (TPSA) is 101 Å². The van der Waals surface area contributed by atoms with Crippen molar-refractivity contribution in [2.45, 2.75) is 12.8 Å². The van der Waals surface area contributed by atoms with Gasteiger partial charge in [-0.15, -0.1) is 0 Å². The number of nitrogens with one attached hydrogen (secondary N) is 1. The van der Waals surface area contributed by atoms with Crippen molar-refractivity contribution in [3.05, 3.63) is 28.8 Å². The molecule has 0 aliphatic carbocycles. The summed E-state index contributed by atoms with van der Waals surface area (Å²) in [6.07, 6.45) is 0.480. The first-order chi connectivity index (χ1) is 9.78. The van der Waals surface area contributed by atoms with Gasteiger partial charge in [-0.2, -0.15) is 0 Å². The maximum Gasteiger partial charge on any atom is 0.337 e. The summed E-state index contributed by atoms with van der Waals surface area (Å²) in [5.41, 5.74) is -0.0626. The summed E-state index contributed by atoms with van der Waals surface area (Å²) < 4.78 is 22.7. The fourth-order valence-corrected chi connectivity index (χ4v) is 4.40. The van der Waals surface area contributed by atoms with E-state index in [1.54, 1.807) is 0 Å². The van der Waals surface area contributed by atoms with E-state index in [1.165, 1.54) is 18.2 Å². The Bertz CT molecular complexity index is 686. The molecule has 21 heavy (non-hydrogen) atoms. The van der Waals surface area contributed by atoms with E-state index in [2.05, 4.69) is 5.32 Å². The molecular weight excluding hydrogens is 318 g/mol. The molecule has 1 aliphatic rings. The second kappa shape index (κ2) is 6.03. The first-order valence-corrected chi connectivity index (χ1v) is 8.50. The number of halogens is 1. The van der Waals surface area contributed by atoms with Crippen molar-refractivity contribution >= 4 is 39.0 Å². The second-order valence-corrected chi connectivity index (χ2v) is 7.62. The molecule has 8 heteroatoms. The van der Waals surface area contributed by atoms with Gasteiger partial charge in [0.05, 0.1) is 27.8 Å². The van der Waals surface area contributed by atoms with Crippen LogP contribution in [-0.2, 0) is 14.6 Å². The van der Waals surface area contributed by atoms with Crippen LogP contribution in [0.2, 0.25) is 5.02 Å². The fourth-order valence-electron chi connectivity index (χ4n) is 2.32. The Morgan fingerprint density at radius 3 is 2.67 bits per heavy atom. The van der Waals surface area contributed by atoms with Crippen LogP contribution in [0.1, 0.15) is 23.2 Å². The number of rotatable bonds is 4. The molecule has 1 atom stereocenters.